The second-order valence-electron chi connectivity index (χ2n) is 5.71. The van der Waals surface area contributed by atoms with Crippen LogP contribution in [0.15, 0.2) is 81.1 Å². The van der Waals surface area contributed by atoms with E-state index in [1.165, 1.54) is 60.8 Å². The molecule has 0 aliphatic rings. The number of nitro groups is 1. The summed E-state index contributed by atoms with van der Waals surface area (Å²) in [6.45, 7) is 0. The maximum atomic E-state index is 12.5. The summed E-state index contributed by atoms with van der Waals surface area (Å²) in [5, 5.41) is 11.1. The van der Waals surface area contributed by atoms with Gasteiger partial charge in [-0.1, -0.05) is 27.5 Å². The van der Waals surface area contributed by atoms with Crippen molar-refractivity contribution in [2.45, 2.75) is 4.90 Å². The summed E-state index contributed by atoms with van der Waals surface area (Å²) in [5.74, 6) is 0.0776. The van der Waals surface area contributed by atoms with Gasteiger partial charge < -0.3 is 4.18 Å². The molecular weight excluding hydrogens is 484 g/mol. The number of hydrogen-bond acceptors (Lipinski definition) is 6. The van der Waals surface area contributed by atoms with E-state index in [1.54, 1.807) is 12.1 Å². The maximum Gasteiger partial charge on any atom is 0.339 e. The molecule has 0 aliphatic carbocycles. The minimum Gasteiger partial charge on any atom is -0.378 e. The Labute approximate surface area is 180 Å². The van der Waals surface area contributed by atoms with Crippen molar-refractivity contribution in [3.8, 4) is 5.75 Å². The first-order valence-electron chi connectivity index (χ1n) is 8.03. The Kier molecular flexibility index (Phi) is 6.31. The molecule has 0 aromatic heterocycles. The van der Waals surface area contributed by atoms with Crippen LogP contribution in [0.5, 0.6) is 5.75 Å². The van der Waals surface area contributed by atoms with Gasteiger partial charge in [-0.25, -0.2) is 0 Å². The van der Waals surface area contributed by atoms with E-state index in [0.29, 0.717) is 20.7 Å². The van der Waals surface area contributed by atoms with Gasteiger partial charge in [0, 0.05) is 33.4 Å². The molecule has 0 unspecified atom stereocenters. The van der Waals surface area contributed by atoms with Gasteiger partial charge in [-0.2, -0.15) is 8.42 Å². The fourth-order valence-electron chi connectivity index (χ4n) is 2.27. The zero-order chi connectivity index (χ0) is 21.0. The summed E-state index contributed by atoms with van der Waals surface area (Å²) >= 11 is 9.12. The van der Waals surface area contributed by atoms with Crippen LogP contribution in [0.4, 0.5) is 11.4 Å². The van der Waals surface area contributed by atoms with Crippen LogP contribution in [-0.2, 0) is 10.1 Å². The van der Waals surface area contributed by atoms with Crippen LogP contribution < -0.4 is 4.18 Å². The molecule has 0 bridgehead atoms. The summed E-state index contributed by atoms with van der Waals surface area (Å²) in [7, 11) is -4.07. The minimum atomic E-state index is -4.07. The topological polar surface area (TPSA) is 98.9 Å². The second-order valence-corrected chi connectivity index (χ2v) is 8.60. The van der Waals surface area contributed by atoms with Crippen LogP contribution in [0.2, 0.25) is 5.02 Å². The summed E-state index contributed by atoms with van der Waals surface area (Å²) in [6.07, 6.45) is 1.42. The highest BCUT2D eigenvalue weighted by molar-refractivity contribution is 9.10. The predicted octanol–water partition coefficient (Wildman–Crippen LogP) is 5.53. The first kappa shape index (κ1) is 21.0. The van der Waals surface area contributed by atoms with E-state index in [2.05, 4.69) is 20.9 Å². The van der Waals surface area contributed by atoms with E-state index >= 15 is 0 Å². The summed E-state index contributed by atoms with van der Waals surface area (Å²) in [5.41, 5.74) is 0.807. The molecule has 0 saturated carbocycles. The Morgan fingerprint density at radius 2 is 1.69 bits per heavy atom. The van der Waals surface area contributed by atoms with E-state index < -0.39 is 15.0 Å². The van der Waals surface area contributed by atoms with Crippen molar-refractivity contribution in [2.24, 2.45) is 4.99 Å². The molecule has 0 N–H and O–H groups in total. The third-order valence-corrected chi connectivity index (χ3v) is 5.68. The molecule has 3 rings (SSSR count). The Morgan fingerprint density at radius 3 is 2.31 bits per heavy atom. The fourth-order valence-corrected chi connectivity index (χ4v) is 3.73. The number of halogens is 2. The van der Waals surface area contributed by atoms with Crippen LogP contribution in [0.3, 0.4) is 0 Å². The van der Waals surface area contributed by atoms with Crippen LogP contribution in [0, 0.1) is 10.1 Å². The molecule has 0 radical (unpaired) electrons. The molecule has 0 amide bonds. The van der Waals surface area contributed by atoms with Crippen molar-refractivity contribution in [3.63, 3.8) is 0 Å². The van der Waals surface area contributed by atoms with Crippen LogP contribution in [0.1, 0.15) is 5.56 Å². The average Bonchev–Trinajstić information content (AvgIpc) is 2.68. The molecule has 3 aromatic carbocycles. The SMILES string of the molecule is O=[N+]([O-])c1ccc(N=Cc2cc(Br)ccc2OS(=O)(=O)c2ccc(Cl)cc2)cc1. The lowest BCUT2D eigenvalue weighted by molar-refractivity contribution is -0.384. The molecule has 148 valence electrons. The molecule has 0 saturated heterocycles. The zero-order valence-electron chi connectivity index (χ0n) is 14.5. The molecule has 0 heterocycles. The van der Waals surface area contributed by atoms with Gasteiger partial charge in [0.15, 0.2) is 5.75 Å². The van der Waals surface area contributed by atoms with Gasteiger partial charge in [0.05, 0.1) is 10.6 Å². The molecule has 29 heavy (non-hydrogen) atoms. The molecule has 7 nitrogen and oxygen atoms in total. The molecular formula is C19H12BrClN2O5S. The van der Waals surface area contributed by atoms with Gasteiger partial charge in [-0.15, -0.1) is 0 Å². The lowest BCUT2D eigenvalue weighted by atomic mass is 10.2. The highest BCUT2D eigenvalue weighted by Crippen LogP contribution is 2.27. The van der Waals surface area contributed by atoms with Crippen LogP contribution in [0.25, 0.3) is 0 Å². The number of hydrogen-bond donors (Lipinski definition) is 0. The molecule has 0 fully saturated rings. The average molecular weight is 496 g/mol. The van der Waals surface area contributed by atoms with Crippen molar-refractivity contribution in [3.05, 3.63) is 91.9 Å². The molecule has 10 heteroatoms. The first-order chi connectivity index (χ1) is 13.7. The van der Waals surface area contributed by atoms with Crippen molar-refractivity contribution < 1.29 is 17.5 Å². The van der Waals surface area contributed by atoms with Crippen LogP contribution in [-0.4, -0.2) is 19.6 Å². The van der Waals surface area contributed by atoms with Gasteiger partial charge in [0.2, 0.25) is 0 Å². The number of rotatable bonds is 6. The largest absolute Gasteiger partial charge is 0.378 e. The van der Waals surface area contributed by atoms with E-state index in [1.807, 2.05) is 0 Å². The number of benzene rings is 3. The van der Waals surface area contributed by atoms with Crippen molar-refractivity contribution in [2.75, 3.05) is 0 Å². The minimum absolute atomic E-state index is 0.0388. The number of non-ortho nitro benzene ring substituents is 1. The second kappa shape index (κ2) is 8.73. The normalized spacial score (nSPS) is 11.5. The summed E-state index contributed by atoms with van der Waals surface area (Å²) < 4.78 is 31.1. The van der Waals surface area contributed by atoms with Crippen molar-refractivity contribution in [1.82, 2.24) is 0 Å². The lowest BCUT2D eigenvalue weighted by Gasteiger charge is -2.10. The van der Waals surface area contributed by atoms with Crippen LogP contribution >= 0.6 is 27.5 Å². The van der Waals surface area contributed by atoms with Gasteiger partial charge in [0.1, 0.15) is 4.90 Å². The number of aliphatic imine (C=N–C) groups is 1. The number of nitro benzene ring substituents is 1. The quantitative estimate of drug-likeness (QED) is 0.194. The predicted molar refractivity (Wildman–Crippen MR) is 114 cm³/mol. The Morgan fingerprint density at radius 1 is 1.03 bits per heavy atom. The van der Waals surface area contributed by atoms with Gasteiger partial charge in [0.25, 0.3) is 5.69 Å². The van der Waals surface area contributed by atoms with Gasteiger partial charge >= 0.3 is 10.1 Å². The highest BCUT2D eigenvalue weighted by atomic mass is 79.9. The van der Waals surface area contributed by atoms with E-state index in [4.69, 9.17) is 15.8 Å². The van der Waals surface area contributed by atoms with Gasteiger partial charge in [-0.05, 0) is 54.6 Å². The summed E-state index contributed by atoms with van der Waals surface area (Å²) in [6, 6.07) is 16.0. The standard InChI is InChI=1S/C19H12BrClN2O5S/c20-14-1-10-19(28-29(26,27)18-8-2-15(21)3-9-18)13(11-14)12-22-16-4-6-17(7-5-16)23(24)25/h1-12H. The maximum absolute atomic E-state index is 12.5. The third kappa shape index (κ3) is 5.41. The van der Waals surface area contributed by atoms with E-state index in [9.17, 15) is 18.5 Å². The fraction of sp³-hybridized carbons (Fsp3) is 0. The molecule has 0 atom stereocenters. The van der Waals surface area contributed by atoms with Gasteiger partial charge in [-0.3, -0.25) is 15.1 Å². The Hall–Kier alpha value is -2.75. The third-order valence-electron chi connectivity index (χ3n) is 3.69. The zero-order valence-corrected chi connectivity index (χ0v) is 17.7. The van der Waals surface area contributed by atoms with E-state index in [0.717, 1.165) is 0 Å². The molecule has 3 aromatic rings. The number of nitrogens with zero attached hydrogens (tertiary/aromatic N) is 2. The monoisotopic (exact) mass is 494 g/mol. The smallest absolute Gasteiger partial charge is 0.339 e. The van der Waals surface area contributed by atoms with Crippen molar-refractivity contribution in [1.29, 1.82) is 0 Å². The van der Waals surface area contributed by atoms with Crippen molar-refractivity contribution >= 4 is 55.2 Å². The molecule has 0 spiro atoms. The lowest BCUT2D eigenvalue weighted by Crippen LogP contribution is -2.10. The highest BCUT2D eigenvalue weighted by Gasteiger charge is 2.18. The summed E-state index contributed by atoms with van der Waals surface area (Å²) in [4.78, 5) is 14.4. The molecule has 0 aliphatic heterocycles. The first-order valence-corrected chi connectivity index (χ1v) is 10.6. The Bertz CT molecular complexity index is 1180. The van der Waals surface area contributed by atoms with E-state index in [-0.39, 0.29) is 16.3 Å². The Balaban J connectivity index is 1.89.